The Hall–Kier alpha value is -1.36. The van der Waals surface area contributed by atoms with Crippen LogP contribution in [0.4, 0.5) is 10.5 Å². The van der Waals surface area contributed by atoms with Crippen molar-refractivity contribution in [2.75, 3.05) is 4.90 Å². The van der Waals surface area contributed by atoms with Gasteiger partial charge in [0.25, 0.3) is 0 Å². The van der Waals surface area contributed by atoms with E-state index in [0.29, 0.717) is 0 Å². The van der Waals surface area contributed by atoms with Crippen molar-refractivity contribution in [2.24, 2.45) is 0 Å². The van der Waals surface area contributed by atoms with Crippen molar-refractivity contribution in [1.82, 2.24) is 9.88 Å². The molecule has 3 rings (SSSR count). The fourth-order valence-electron chi connectivity index (χ4n) is 2.13. The molecule has 5 nitrogen and oxygen atoms in total. The van der Waals surface area contributed by atoms with Crippen LogP contribution in [0.2, 0.25) is 0 Å². The summed E-state index contributed by atoms with van der Waals surface area (Å²) in [5.74, 6) is 0. The van der Waals surface area contributed by atoms with Gasteiger partial charge in [-0.05, 0) is 56.8 Å². The quantitative estimate of drug-likeness (QED) is 0.335. The number of ether oxygens (including phenoxy) is 1. The van der Waals surface area contributed by atoms with Crippen LogP contribution >= 0.6 is 45.2 Å². The van der Waals surface area contributed by atoms with Crippen LogP contribution < -0.4 is 4.90 Å². The normalized spacial score (nSPS) is 16.7. The molecule has 1 aliphatic rings. The molecule has 2 heterocycles. The second-order valence-corrected chi connectivity index (χ2v) is 7.07. The van der Waals surface area contributed by atoms with Gasteiger partial charge in [-0.3, -0.25) is 9.88 Å². The lowest BCUT2D eigenvalue weighted by atomic mass is 10.2. The summed E-state index contributed by atoms with van der Waals surface area (Å²) in [6.45, 7) is 0.264. The molecule has 0 fully saturated rings. The SMILES string of the molecule is O=C(OCc1ccccc1)N1C=CN(c2ccncc2I)C1I. The standard InChI is InChI=1S/C16H13I2N3O2/c17-13-10-19-7-6-14(13)20-8-9-21(15(20)18)16(22)23-11-12-4-2-1-3-5-12/h1-10,15H,11H2. The molecular weight excluding hydrogens is 520 g/mol. The van der Waals surface area contributed by atoms with Gasteiger partial charge < -0.3 is 9.64 Å². The average molecular weight is 533 g/mol. The summed E-state index contributed by atoms with van der Waals surface area (Å²) in [6.07, 6.45) is 6.78. The first-order valence-corrected chi connectivity index (χ1v) is 9.18. The number of nitrogens with zero attached hydrogens (tertiary/aromatic N) is 3. The lowest BCUT2D eigenvalue weighted by Gasteiger charge is -2.26. The zero-order valence-corrected chi connectivity index (χ0v) is 16.3. The minimum Gasteiger partial charge on any atom is -0.444 e. The van der Waals surface area contributed by atoms with Crippen LogP contribution in [0.1, 0.15) is 5.56 Å². The Bertz CT molecular complexity index is 724. The summed E-state index contributed by atoms with van der Waals surface area (Å²) in [5, 5.41) is 0. The highest BCUT2D eigenvalue weighted by Crippen LogP contribution is 2.31. The molecule has 7 heteroatoms. The average Bonchev–Trinajstić information content (AvgIpc) is 2.95. The van der Waals surface area contributed by atoms with Gasteiger partial charge in [-0.15, -0.1) is 0 Å². The molecule has 118 valence electrons. The number of rotatable bonds is 3. The van der Waals surface area contributed by atoms with Gasteiger partial charge in [-0.25, -0.2) is 4.79 Å². The highest BCUT2D eigenvalue weighted by molar-refractivity contribution is 14.1. The Morgan fingerprint density at radius 2 is 2.00 bits per heavy atom. The van der Waals surface area contributed by atoms with E-state index in [1.807, 2.05) is 47.5 Å². The monoisotopic (exact) mass is 533 g/mol. The Labute approximate surface area is 161 Å². The maximum Gasteiger partial charge on any atom is 0.416 e. The summed E-state index contributed by atoms with van der Waals surface area (Å²) in [4.78, 5) is 20.0. The number of halogens is 2. The van der Waals surface area contributed by atoms with Gasteiger partial charge in [-0.1, -0.05) is 30.3 Å². The maximum absolute atomic E-state index is 12.3. The molecule has 1 aromatic carbocycles. The minimum absolute atomic E-state index is 0.174. The van der Waals surface area contributed by atoms with Gasteiger partial charge in [0.2, 0.25) is 0 Å². The second kappa shape index (κ2) is 7.47. The molecule has 23 heavy (non-hydrogen) atoms. The van der Waals surface area contributed by atoms with E-state index in [2.05, 4.69) is 50.2 Å². The van der Waals surface area contributed by atoms with E-state index >= 15 is 0 Å². The number of anilines is 1. The Morgan fingerprint density at radius 1 is 1.22 bits per heavy atom. The first-order chi connectivity index (χ1) is 11.2. The van der Waals surface area contributed by atoms with E-state index in [4.69, 9.17) is 4.74 Å². The molecular formula is C16H13I2N3O2. The maximum atomic E-state index is 12.3. The largest absolute Gasteiger partial charge is 0.444 e. The Balaban J connectivity index is 1.65. The number of carbonyl (C=O) groups is 1. The summed E-state index contributed by atoms with van der Waals surface area (Å²) in [5.41, 5.74) is 1.98. The summed E-state index contributed by atoms with van der Waals surface area (Å²) < 4.78 is 6.24. The molecule has 1 unspecified atom stereocenters. The van der Waals surface area contributed by atoms with Crippen molar-refractivity contribution < 1.29 is 9.53 Å². The van der Waals surface area contributed by atoms with Gasteiger partial charge in [-0.2, -0.15) is 0 Å². The lowest BCUT2D eigenvalue weighted by Crippen LogP contribution is -2.37. The number of hydrogen-bond donors (Lipinski definition) is 0. The zero-order chi connectivity index (χ0) is 16.2. The van der Waals surface area contributed by atoms with Gasteiger partial charge in [0.05, 0.1) is 9.26 Å². The van der Waals surface area contributed by atoms with E-state index in [-0.39, 0.29) is 16.9 Å². The zero-order valence-electron chi connectivity index (χ0n) is 12.0. The van der Waals surface area contributed by atoms with Crippen LogP contribution in [0.3, 0.4) is 0 Å². The van der Waals surface area contributed by atoms with E-state index < -0.39 is 0 Å². The number of hydrogen-bond acceptors (Lipinski definition) is 4. The first kappa shape index (κ1) is 16.5. The predicted octanol–water partition coefficient (Wildman–Crippen LogP) is 4.33. The van der Waals surface area contributed by atoms with Crippen LogP contribution in [0.5, 0.6) is 0 Å². The van der Waals surface area contributed by atoms with Gasteiger partial charge >= 0.3 is 6.09 Å². The molecule has 1 atom stereocenters. The van der Waals surface area contributed by atoms with E-state index in [9.17, 15) is 4.79 Å². The van der Waals surface area contributed by atoms with E-state index in [1.54, 1.807) is 23.5 Å². The van der Waals surface area contributed by atoms with Crippen molar-refractivity contribution >= 4 is 57.0 Å². The topological polar surface area (TPSA) is 45.7 Å². The molecule has 0 aliphatic carbocycles. The van der Waals surface area contributed by atoms with Crippen molar-refractivity contribution in [3.63, 3.8) is 0 Å². The molecule has 0 radical (unpaired) electrons. The summed E-state index contributed by atoms with van der Waals surface area (Å²) in [6, 6.07) is 11.6. The third-order valence-electron chi connectivity index (χ3n) is 3.29. The number of carbonyl (C=O) groups excluding carboxylic acids is 1. The van der Waals surface area contributed by atoms with Crippen molar-refractivity contribution in [1.29, 1.82) is 0 Å². The van der Waals surface area contributed by atoms with Gasteiger partial charge in [0, 0.05) is 24.8 Å². The van der Waals surface area contributed by atoms with Crippen LogP contribution in [0.15, 0.2) is 61.2 Å². The number of amides is 1. The summed E-state index contributed by atoms with van der Waals surface area (Å²) >= 11 is 4.44. The molecule has 2 aromatic rings. The first-order valence-electron chi connectivity index (χ1n) is 6.86. The number of aromatic nitrogens is 1. The van der Waals surface area contributed by atoms with E-state index in [1.165, 1.54) is 0 Å². The number of alkyl halides is 1. The highest BCUT2D eigenvalue weighted by Gasteiger charge is 2.31. The highest BCUT2D eigenvalue weighted by atomic mass is 127. The third-order valence-corrected chi connectivity index (χ3v) is 5.32. The van der Waals surface area contributed by atoms with Crippen LogP contribution in [0.25, 0.3) is 0 Å². The van der Waals surface area contributed by atoms with Crippen LogP contribution in [0, 0.1) is 3.57 Å². The molecule has 1 amide bonds. The van der Waals surface area contributed by atoms with Crippen LogP contribution in [-0.2, 0) is 11.3 Å². The molecule has 0 N–H and O–H groups in total. The second-order valence-electron chi connectivity index (χ2n) is 4.79. The molecule has 0 saturated heterocycles. The third kappa shape index (κ3) is 3.77. The predicted molar refractivity (Wildman–Crippen MR) is 105 cm³/mol. The smallest absolute Gasteiger partial charge is 0.416 e. The van der Waals surface area contributed by atoms with Gasteiger partial charge in [0.15, 0.2) is 4.17 Å². The van der Waals surface area contributed by atoms with Gasteiger partial charge in [0.1, 0.15) is 6.61 Å². The molecule has 0 bridgehead atoms. The Kier molecular flexibility index (Phi) is 5.36. The molecule has 0 saturated carbocycles. The molecule has 1 aromatic heterocycles. The van der Waals surface area contributed by atoms with Crippen LogP contribution in [-0.4, -0.2) is 20.1 Å². The van der Waals surface area contributed by atoms with Crippen molar-refractivity contribution in [2.45, 2.75) is 10.8 Å². The van der Waals surface area contributed by atoms with E-state index in [0.717, 1.165) is 14.8 Å². The fraction of sp³-hybridized carbons (Fsp3) is 0.125. The van der Waals surface area contributed by atoms with Crippen molar-refractivity contribution in [3.8, 4) is 0 Å². The number of benzene rings is 1. The summed E-state index contributed by atoms with van der Waals surface area (Å²) in [7, 11) is 0. The lowest BCUT2D eigenvalue weighted by molar-refractivity contribution is 0.112. The molecule has 1 aliphatic heterocycles. The fourth-order valence-corrected chi connectivity index (χ4v) is 3.65. The number of pyridine rings is 1. The Morgan fingerprint density at radius 3 is 2.74 bits per heavy atom. The minimum atomic E-state index is -0.365. The van der Waals surface area contributed by atoms with Crippen molar-refractivity contribution in [3.05, 3.63) is 70.3 Å². The molecule has 0 spiro atoms.